The van der Waals surface area contributed by atoms with Gasteiger partial charge in [0.25, 0.3) is 5.88 Å². The van der Waals surface area contributed by atoms with Crippen molar-refractivity contribution in [1.29, 1.82) is 0 Å². The van der Waals surface area contributed by atoms with Crippen LogP contribution < -0.4 is 9.64 Å². The predicted octanol–water partition coefficient (Wildman–Crippen LogP) is 1.21. The van der Waals surface area contributed by atoms with Crippen LogP contribution in [0.1, 0.15) is 12.8 Å². The van der Waals surface area contributed by atoms with Crippen molar-refractivity contribution in [3.8, 4) is 5.88 Å². The lowest BCUT2D eigenvalue weighted by Crippen LogP contribution is -2.52. The van der Waals surface area contributed by atoms with Crippen molar-refractivity contribution in [3.63, 3.8) is 0 Å². The maximum Gasteiger partial charge on any atom is 0.331 e. The third kappa shape index (κ3) is 3.59. The van der Waals surface area contributed by atoms with E-state index in [2.05, 4.69) is 26.7 Å². The van der Waals surface area contributed by atoms with Crippen molar-refractivity contribution < 1.29 is 9.66 Å². The van der Waals surface area contributed by atoms with Crippen LogP contribution in [-0.2, 0) is 0 Å². The molecule has 3 rings (SSSR count). The minimum absolute atomic E-state index is 0.0821. The second-order valence-corrected chi connectivity index (χ2v) is 6.51. The lowest BCUT2D eigenvalue weighted by Gasteiger charge is -2.42. The van der Waals surface area contributed by atoms with Gasteiger partial charge in [-0.25, -0.2) is 0 Å². The van der Waals surface area contributed by atoms with Crippen LogP contribution in [0.25, 0.3) is 0 Å². The molecule has 2 aliphatic rings. The SMILES string of the molecule is COc1nc(N2CCC(N3CCN(C)CC3)CC2)ccc1[N+](=O)[O-]. The number of aromatic nitrogens is 1. The van der Waals surface area contributed by atoms with Gasteiger partial charge in [-0.1, -0.05) is 0 Å². The van der Waals surface area contributed by atoms with Crippen molar-refractivity contribution >= 4 is 11.5 Å². The summed E-state index contributed by atoms with van der Waals surface area (Å²) >= 11 is 0. The summed E-state index contributed by atoms with van der Waals surface area (Å²) in [5.41, 5.74) is -0.0893. The maximum atomic E-state index is 11.0. The maximum absolute atomic E-state index is 11.0. The molecule has 0 N–H and O–H groups in total. The third-order valence-electron chi connectivity index (χ3n) is 5.06. The number of hydrogen-bond donors (Lipinski definition) is 0. The Morgan fingerprint density at radius 2 is 1.83 bits per heavy atom. The fourth-order valence-corrected chi connectivity index (χ4v) is 3.54. The topological polar surface area (TPSA) is 75.0 Å². The Kier molecular flexibility index (Phi) is 5.15. The fraction of sp³-hybridized carbons (Fsp3) is 0.688. The smallest absolute Gasteiger partial charge is 0.331 e. The molecule has 132 valence electrons. The second-order valence-electron chi connectivity index (χ2n) is 6.51. The van der Waals surface area contributed by atoms with Crippen LogP contribution in [0.4, 0.5) is 11.5 Å². The molecule has 2 saturated heterocycles. The highest BCUT2D eigenvalue weighted by atomic mass is 16.6. The zero-order valence-electron chi connectivity index (χ0n) is 14.3. The van der Waals surface area contributed by atoms with Gasteiger partial charge in [-0.05, 0) is 26.0 Å². The molecule has 0 unspecified atom stereocenters. The summed E-state index contributed by atoms with van der Waals surface area (Å²) in [7, 11) is 3.59. The summed E-state index contributed by atoms with van der Waals surface area (Å²) in [4.78, 5) is 22.0. The van der Waals surface area contributed by atoms with Gasteiger partial charge in [0.15, 0.2) is 0 Å². The van der Waals surface area contributed by atoms with Gasteiger partial charge in [-0.3, -0.25) is 15.0 Å². The highest BCUT2D eigenvalue weighted by molar-refractivity contribution is 5.50. The van der Waals surface area contributed by atoms with Crippen molar-refractivity contribution in [3.05, 3.63) is 22.2 Å². The van der Waals surface area contributed by atoms with Gasteiger partial charge in [0.05, 0.1) is 12.0 Å². The summed E-state index contributed by atoms with van der Waals surface area (Å²) in [5, 5.41) is 11.0. The summed E-state index contributed by atoms with van der Waals surface area (Å²) in [6.45, 7) is 6.41. The largest absolute Gasteiger partial charge is 0.476 e. The molecule has 0 aromatic carbocycles. The molecule has 2 aliphatic heterocycles. The lowest BCUT2D eigenvalue weighted by molar-refractivity contribution is -0.386. The van der Waals surface area contributed by atoms with Crippen LogP contribution in [-0.4, -0.2) is 79.2 Å². The first-order valence-corrected chi connectivity index (χ1v) is 8.45. The second kappa shape index (κ2) is 7.31. The molecule has 0 radical (unpaired) electrons. The molecule has 0 amide bonds. The first-order valence-electron chi connectivity index (χ1n) is 8.45. The Labute approximate surface area is 142 Å². The van der Waals surface area contributed by atoms with Crippen LogP contribution in [0.5, 0.6) is 5.88 Å². The monoisotopic (exact) mass is 335 g/mol. The standard InChI is InChI=1S/C16H25N5O3/c1-18-9-11-19(12-10-18)13-5-7-20(8-6-13)15-4-3-14(21(22)23)16(17-15)24-2/h3-4,13H,5-12H2,1-2H3. The molecule has 1 aromatic rings. The van der Waals surface area contributed by atoms with Crippen molar-refractivity contribution in [2.45, 2.75) is 18.9 Å². The molecule has 0 atom stereocenters. The zero-order valence-corrected chi connectivity index (χ0v) is 14.3. The molecule has 1 aromatic heterocycles. The van der Waals surface area contributed by atoms with E-state index in [0.717, 1.165) is 57.9 Å². The summed E-state index contributed by atoms with van der Waals surface area (Å²) < 4.78 is 5.07. The van der Waals surface area contributed by atoms with E-state index < -0.39 is 4.92 Å². The van der Waals surface area contributed by atoms with Gasteiger partial charge in [-0.15, -0.1) is 0 Å². The first-order chi connectivity index (χ1) is 11.6. The van der Waals surface area contributed by atoms with Crippen LogP contribution in [0, 0.1) is 10.1 Å². The Hall–Kier alpha value is -1.93. The molecule has 3 heterocycles. The lowest BCUT2D eigenvalue weighted by atomic mass is 10.0. The number of ether oxygens (including phenoxy) is 1. The minimum atomic E-state index is -0.463. The third-order valence-corrected chi connectivity index (χ3v) is 5.06. The minimum Gasteiger partial charge on any atom is -0.476 e. The van der Waals surface area contributed by atoms with Crippen molar-refractivity contribution in [2.75, 3.05) is 58.3 Å². The summed E-state index contributed by atoms with van der Waals surface area (Å²) in [6.07, 6.45) is 2.20. The molecule has 8 nitrogen and oxygen atoms in total. The van der Waals surface area contributed by atoms with E-state index in [1.54, 1.807) is 6.07 Å². The van der Waals surface area contributed by atoms with Crippen molar-refractivity contribution in [1.82, 2.24) is 14.8 Å². The quantitative estimate of drug-likeness (QED) is 0.605. The highest BCUT2D eigenvalue weighted by Gasteiger charge is 2.28. The van der Waals surface area contributed by atoms with Gasteiger partial charge in [0.2, 0.25) is 0 Å². The van der Waals surface area contributed by atoms with E-state index in [0.29, 0.717) is 6.04 Å². The normalized spacial score (nSPS) is 21.0. The molecule has 0 aliphatic carbocycles. The number of piperidine rings is 1. The molecule has 0 spiro atoms. The number of nitrogens with zero attached hydrogens (tertiary/aromatic N) is 5. The molecule has 2 fully saturated rings. The number of methoxy groups -OCH3 is 1. The molecule has 8 heteroatoms. The van der Waals surface area contributed by atoms with E-state index in [9.17, 15) is 10.1 Å². The average Bonchev–Trinajstić information content (AvgIpc) is 2.62. The molecule has 0 bridgehead atoms. The van der Waals surface area contributed by atoms with E-state index >= 15 is 0 Å². The van der Waals surface area contributed by atoms with Crippen LogP contribution in [0.15, 0.2) is 12.1 Å². The summed E-state index contributed by atoms with van der Waals surface area (Å²) in [6, 6.07) is 3.83. The van der Waals surface area contributed by atoms with Crippen LogP contribution in [0.2, 0.25) is 0 Å². The van der Waals surface area contributed by atoms with Gasteiger partial charge in [0.1, 0.15) is 5.82 Å². The van der Waals surface area contributed by atoms with E-state index in [4.69, 9.17) is 4.74 Å². The number of nitro groups is 1. The van der Waals surface area contributed by atoms with Crippen LogP contribution in [0.3, 0.4) is 0 Å². The number of pyridine rings is 1. The number of hydrogen-bond acceptors (Lipinski definition) is 7. The molecular weight excluding hydrogens is 310 g/mol. The number of likely N-dealkylation sites (N-methyl/N-ethyl adjacent to an activating group) is 1. The van der Waals surface area contributed by atoms with Crippen LogP contribution >= 0.6 is 0 Å². The Morgan fingerprint density at radius 3 is 2.42 bits per heavy atom. The molecule has 0 saturated carbocycles. The van der Waals surface area contributed by atoms with Gasteiger partial charge in [-0.2, -0.15) is 4.98 Å². The Morgan fingerprint density at radius 1 is 1.17 bits per heavy atom. The van der Waals surface area contributed by atoms with Crippen molar-refractivity contribution in [2.24, 2.45) is 0 Å². The predicted molar refractivity (Wildman–Crippen MR) is 91.7 cm³/mol. The highest BCUT2D eigenvalue weighted by Crippen LogP contribution is 2.29. The number of anilines is 1. The van der Waals surface area contributed by atoms with Gasteiger partial charge < -0.3 is 14.5 Å². The Balaban J connectivity index is 1.61. The number of piperazine rings is 1. The van der Waals surface area contributed by atoms with E-state index in [1.165, 1.54) is 13.2 Å². The van der Waals surface area contributed by atoms with Gasteiger partial charge in [0, 0.05) is 51.4 Å². The molecule has 24 heavy (non-hydrogen) atoms. The van der Waals surface area contributed by atoms with E-state index in [-0.39, 0.29) is 11.6 Å². The number of rotatable bonds is 4. The Bertz CT molecular complexity index is 581. The fourth-order valence-electron chi connectivity index (χ4n) is 3.54. The van der Waals surface area contributed by atoms with E-state index in [1.807, 2.05) is 0 Å². The summed E-state index contributed by atoms with van der Waals surface area (Å²) in [5.74, 6) is 0.841. The van der Waals surface area contributed by atoms with Gasteiger partial charge >= 0.3 is 5.69 Å². The zero-order chi connectivity index (χ0) is 17.1. The average molecular weight is 335 g/mol. The first kappa shape index (κ1) is 16.9. The molecular formula is C16H25N5O3.